The van der Waals surface area contributed by atoms with Crippen LogP contribution in [0.5, 0.6) is 0 Å². The van der Waals surface area contributed by atoms with Crippen molar-refractivity contribution in [3.05, 3.63) is 54.5 Å². The first-order chi connectivity index (χ1) is 17.5. The van der Waals surface area contributed by atoms with E-state index in [-0.39, 0.29) is 6.04 Å². The van der Waals surface area contributed by atoms with Crippen molar-refractivity contribution in [2.75, 3.05) is 7.11 Å². The average molecular weight is 522 g/mol. The molecular formula is C26H30F3N3O5. The Labute approximate surface area is 212 Å². The number of ketones is 1. The Morgan fingerprint density at radius 2 is 1.76 bits per heavy atom. The van der Waals surface area contributed by atoms with Gasteiger partial charge in [-0.3, -0.25) is 4.79 Å². The van der Waals surface area contributed by atoms with Crippen LogP contribution in [0.1, 0.15) is 57.3 Å². The number of methoxy groups -OCH3 is 1. The molecule has 0 aliphatic rings. The minimum Gasteiger partial charge on any atom is -0.475 e. The lowest BCUT2D eigenvalue weighted by Gasteiger charge is -2.16. The molecule has 1 heterocycles. The quantitative estimate of drug-likeness (QED) is 0.274. The van der Waals surface area contributed by atoms with Crippen molar-refractivity contribution >= 4 is 28.6 Å². The summed E-state index contributed by atoms with van der Waals surface area (Å²) in [5, 5.41) is 12.3. The maximum absolute atomic E-state index is 11.8. The van der Waals surface area contributed by atoms with E-state index in [2.05, 4.69) is 45.6 Å². The Morgan fingerprint density at radius 3 is 2.38 bits per heavy atom. The SMILES string of the molecule is CCC(=O)CCCCC[C@H](NC(=O)OC)c1ncc(-c2ccc3ccccc3c2)[nH]1.O=C(O)C(F)(F)F. The molecule has 0 aliphatic carbocycles. The highest BCUT2D eigenvalue weighted by molar-refractivity contribution is 5.86. The summed E-state index contributed by atoms with van der Waals surface area (Å²) in [4.78, 5) is 40.0. The van der Waals surface area contributed by atoms with Crippen LogP contribution in [0, 0.1) is 0 Å². The summed E-state index contributed by atoms with van der Waals surface area (Å²) in [6.07, 6.45) is 0.865. The molecule has 11 heteroatoms. The third-order valence-corrected chi connectivity index (χ3v) is 5.55. The third kappa shape index (κ3) is 9.59. The molecule has 0 aliphatic heterocycles. The molecule has 1 amide bonds. The van der Waals surface area contributed by atoms with E-state index in [0.717, 1.165) is 42.3 Å². The van der Waals surface area contributed by atoms with Gasteiger partial charge in [-0.15, -0.1) is 0 Å². The number of carboxylic acids is 1. The molecule has 3 aromatic rings. The molecule has 1 atom stereocenters. The molecule has 1 aromatic heterocycles. The van der Waals surface area contributed by atoms with Gasteiger partial charge >= 0.3 is 18.2 Å². The lowest BCUT2D eigenvalue weighted by atomic mass is 10.0. The van der Waals surface area contributed by atoms with Crippen LogP contribution < -0.4 is 5.32 Å². The van der Waals surface area contributed by atoms with E-state index in [4.69, 9.17) is 14.6 Å². The van der Waals surface area contributed by atoms with Gasteiger partial charge in [0.2, 0.25) is 0 Å². The summed E-state index contributed by atoms with van der Waals surface area (Å²) >= 11 is 0. The number of rotatable bonds is 10. The fourth-order valence-electron chi connectivity index (χ4n) is 3.52. The van der Waals surface area contributed by atoms with E-state index in [1.54, 1.807) is 6.20 Å². The first-order valence-corrected chi connectivity index (χ1v) is 11.8. The lowest BCUT2D eigenvalue weighted by molar-refractivity contribution is -0.192. The molecule has 3 N–H and O–H groups in total. The van der Waals surface area contributed by atoms with Gasteiger partial charge in [-0.2, -0.15) is 13.2 Å². The van der Waals surface area contributed by atoms with Gasteiger partial charge in [0, 0.05) is 18.4 Å². The van der Waals surface area contributed by atoms with Crippen LogP contribution in [-0.4, -0.2) is 46.2 Å². The number of carboxylic acid groups (broad SMARTS) is 1. The predicted molar refractivity (Wildman–Crippen MR) is 132 cm³/mol. The van der Waals surface area contributed by atoms with Crippen LogP contribution in [0.3, 0.4) is 0 Å². The lowest BCUT2D eigenvalue weighted by Crippen LogP contribution is -2.29. The molecule has 0 saturated carbocycles. The summed E-state index contributed by atoms with van der Waals surface area (Å²) < 4.78 is 36.5. The van der Waals surface area contributed by atoms with E-state index < -0.39 is 18.2 Å². The van der Waals surface area contributed by atoms with Gasteiger partial charge in [-0.05, 0) is 29.7 Å². The second-order valence-corrected chi connectivity index (χ2v) is 8.23. The number of nitrogens with one attached hydrogen (secondary N) is 2. The number of benzene rings is 2. The summed E-state index contributed by atoms with van der Waals surface area (Å²) in [5.74, 6) is -1.76. The van der Waals surface area contributed by atoms with Crippen molar-refractivity contribution in [3.63, 3.8) is 0 Å². The van der Waals surface area contributed by atoms with Crippen LogP contribution in [0.4, 0.5) is 18.0 Å². The Morgan fingerprint density at radius 1 is 1.08 bits per heavy atom. The van der Waals surface area contributed by atoms with Gasteiger partial charge in [0.05, 0.1) is 25.0 Å². The summed E-state index contributed by atoms with van der Waals surface area (Å²) in [6.45, 7) is 1.89. The molecule has 3 rings (SSSR count). The topological polar surface area (TPSA) is 121 Å². The monoisotopic (exact) mass is 521 g/mol. The van der Waals surface area contributed by atoms with Crippen molar-refractivity contribution in [3.8, 4) is 11.3 Å². The highest BCUT2D eigenvalue weighted by Gasteiger charge is 2.38. The molecule has 8 nitrogen and oxygen atoms in total. The highest BCUT2D eigenvalue weighted by atomic mass is 19.4. The number of alkyl halides is 3. The third-order valence-electron chi connectivity index (χ3n) is 5.55. The zero-order valence-corrected chi connectivity index (χ0v) is 20.6. The Kier molecular flexibility index (Phi) is 11.1. The zero-order valence-electron chi connectivity index (χ0n) is 20.6. The number of aromatic amines is 1. The van der Waals surface area contributed by atoms with Crippen molar-refractivity contribution in [2.24, 2.45) is 0 Å². The second kappa shape index (κ2) is 14.0. The fraction of sp³-hybridized carbons (Fsp3) is 0.385. The fourth-order valence-corrected chi connectivity index (χ4v) is 3.52. The van der Waals surface area contributed by atoms with Crippen molar-refractivity contribution in [1.29, 1.82) is 0 Å². The molecule has 2 aromatic carbocycles. The number of hydrogen-bond donors (Lipinski definition) is 3. The Bertz CT molecular complexity index is 1190. The number of hydrogen-bond acceptors (Lipinski definition) is 5. The van der Waals surface area contributed by atoms with Crippen molar-refractivity contribution in [1.82, 2.24) is 15.3 Å². The predicted octanol–water partition coefficient (Wildman–Crippen LogP) is 6.19. The van der Waals surface area contributed by atoms with E-state index in [1.165, 1.54) is 12.5 Å². The number of carbonyl (C=O) groups excluding carboxylic acids is 2. The molecule has 37 heavy (non-hydrogen) atoms. The zero-order chi connectivity index (χ0) is 27.4. The first-order valence-electron chi connectivity index (χ1n) is 11.8. The number of aromatic nitrogens is 2. The number of imidazole rings is 1. The molecule has 0 radical (unpaired) electrons. The second-order valence-electron chi connectivity index (χ2n) is 8.23. The number of Topliss-reactive ketones (excluding diaryl/α,β-unsaturated/α-hetero) is 1. The van der Waals surface area contributed by atoms with E-state index in [0.29, 0.717) is 24.4 Å². The van der Waals surface area contributed by atoms with Gasteiger partial charge in [-0.25, -0.2) is 14.6 Å². The van der Waals surface area contributed by atoms with Crippen molar-refractivity contribution in [2.45, 2.75) is 57.7 Å². The number of amides is 1. The van der Waals surface area contributed by atoms with Crippen LogP contribution in [0.15, 0.2) is 48.7 Å². The number of nitrogens with zero attached hydrogens (tertiary/aromatic N) is 1. The number of halogens is 3. The minimum atomic E-state index is -5.08. The number of H-pyrrole nitrogens is 1. The standard InChI is InChI=1S/C24H29N3O3.C2HF3O2/c1-3-20(28)11-5-4-6-12-21(27-24(29)30-2)23-25-16-22(26-23)19-14-13-17-9-7-8-10-18(17)15-19;3-2(4,5)1(6)7/h7-10,13-16,21H,3-6,11-12H2,1-2H3,(H,25,26)(H,27,29);(H,6,7)/t21-;/m0./s1. The Hall–Kier alpha value is -3.89. The minimum absolute atomic E-state index is 0.270. The van der Waals surface area contributed by atoms with Gasteiger partial charge in [0.1, 0.15) is 11.6 Å². The summed E-state index contributed by atoms with van der Waals surface area (Å²) in [6, 6.07) is 14.2. The summed E-state index contributed by atoms with van der Waals surface area (Å²) in [7, 11) is 1.35. The van der Waals surface area contributed by atoms with Crippen LogP contribution in [-0.2, 0) is 14.3 Å². The van der Waals surface area contributed by atoms with Gasteiger partial charge in [0.25, 0.3) is 0 Å². The maximum atomic E-state index is 11.8. The first kappa shape index (κ1) is 29.3. The van der Waals surface area contributed by atoms with Gasteiger partial charge < -0.3 is 20.1 Å². The summed E-state index contributed by atoms with van der Waals surface area (Å²) in [5.41, 5.74) is 1.95. The maximum Gasteiger partial charge on any atom is 0.490 e. The molecule has 0 saturated heterocycles. The molecular weight excluding hydrogens is 491 g/mol. The number of carbonyl (C=O) groups is 3. The largest absolute Gasteiger partial charge is 0.490 e. The molecule has 0 unspecified atom stereocenters. The highest BCUT2D eigenvalue weighted by Crippen LogP contribution is 2.26. The smallest absolute Gasteiger partial charge is 0.475 e. The molecule has 0 bridgehead atoms. The van der Waals surface area contributed by atoms with Crippen LogP contribution in [0.25, 0.3) is 22.0 Å². The molecule has 200 valence electrons. The Balaban J connectivity index is 0.000000604. The number of unbranched alkanes of at least 4 members (excludes halogenated alkanes) is 2. The van der Waals surface area contributed by atoms with E-state index in [1.807, 2.05) is 19.1 Å². The van der Waals surface area contributed by atoms with Gasteiger partial charge in [-0.1, -0.05) is 56.2 Å². The molecule has 0 fully saturated rings. The number of aliphatic carboxylic acids is 1. The number of ether oxygens (including phenoxy) is 1. The normalized spacial score (nSPS) is 11.8. The number of fused-ring (bicyclic) bond motifs is 1. The molecule has 0 spiro atoms. The van der Waals surface area contributed by atoms with E-state index in [9.17, 15) is 22.8 Å². The van der Waals surface area contributed by atoms with E-state index >= 15 is 0 Å². The number of alkyl carbamates (subject to hydrolysis) is 1. The van der Waals surface area contributed by atoms with Gasteiger partial charge in [0.15, 0.2) is 0 Å². The average Bonchev–Trinajstić information content (AvgIpc) is 3.37. The van der Waals surface area contributed by atoms with Crippen LogP contribution >= 0.6 is 0 Å². The van der Waals surface area contributed by atoms with Crippen LogP contribution in [0.2, 0.25) is 0 Å². The van der Waals surface area contributed by atoms with Crippen molar-refractivity contribution < 1.29 is 37.4 Å².